The fourth-order valence-electron chi connectivity index (χ4n) is 1.79. The van der Waals surface area contributed by atoms with Crippen molar-refractivity contribution in [2.24, 2.45) is 11.5 Å². The molecule has 132 valence electrons. The summed E-state index contributed by atoms with van der Waals surface area (Å²) >= 11 is 0. The average molecular weight is 340 g/mol. The smallest absolute Gasteiger partial charge is 0.325 e. The van der Waals surface area contributed by atoms with Gasteiger partial charge in [-0.2, -0.15) is 0 Å². The summed E-state index contributed by atoms with van der Waals surface area (Å²) in [6.45, 7) is 1.29. The number of aromatic amines is 1. The number of aromatic nitrogens is 2. The van der Waals surface area contributed by atoms with Crippen molar-refractivity contribution in [3.8, 4) is 0 Å². The predicted octanol–water partition coefficient (Wildman–Crippen LogP) is -2.77. The molecule has 11 heteroatoms. The van der Waals surface area contributed by atoms with Crippen LogP contribution in [0.15, 0.2) is 12.5 Å². The average Bonchev–Trinajstić information content (AvgIpc) is 2.98. The van der Waals surface area contributed by atoms with Gasteiger partial charge in [0.05, 0.1) is 18.8 Å². The molecule has 3 amide bonds. The summed E-state index contributed by atoms with van der Waals surface area (Å²) in [6, 6.07) is -3.45. The van der Waals surface area contributed by atoms with Crippen molar-refractivity contribution in [3.05, 3.63) is 18.2 Å². The van der Waals surface area contributed by atoms with E-state index in [2.05, 4.69) is 20.6 Å². The largest absolute Gasteiger partial charge is 0.480 e. The molecule has 0 saturated carbocycles. The third kappa shape index (κ3) is 6.04. The van der Waals surface area contributed by atoms with Gasteiger partial charge in [0, 0.05) is 18.3 Å². The van der Waals surface area contributed by atoms with Gasteiger partial charge in [0.1, 0.15) is 12.1 Å². The Kier molecular flexibility index (Phi) is 6.86. The molecule has 11 nitrogen and oxygen atoms in total. The lowest BCUT2D eigenvalue weighted by Crippen LogP contribution is -2.55. The van der Waals surface area contributed by atoms with Crippen LogP contribution in [0.4, 0.5) is 0 Å². The molecule has 0 aliphatic heterocycles. The summed E-state index contributed by atoms with van der Waals surface area (Å²) in [5.41, 5.74) is 11.0. The molecule has 3 atom stereocenters. The first-order chi connectivity index (χ1) is 11.2. The third-order valence-corrected chi connectivity index (χ3v) is 3.10. The zero-order valence-electron chi connectivity index (χ0n) is 13.0. The molecule has 0 aromatic carbocycles. The van der Waals surface area contributed by atoms with Crippen LogP contribution < -0.4 is 22.1 Å². The van der Waals surface area contributed by atoms with Crippen LogP contribution in [0, 0.1) is 0 Å². The van der Waals surface area contributed by atoms with E-state index in [-0.39, 0.29) is 12.8 Å². The minimum absolute atomic E-state index is 0.0349. The Morgan fingerprint density at radius 1 is 1.29 bits per heavy atom. The number of H-pyrrole nitrogens is 1. The highest BCUT2D eigenvalue weighted by molar-refractivity contribution is 5.93. The third-order valence-electron chi connectivity index (χ3n) is 3.10. The summed E-state index contributed by atoms with van der Waals surface area (Å²) in [5.74, 6) is -3.44. The highest BCUT2D eigenvalue weighted by atomic mass is 16.4. The maximum atomic E-state index is 12.2. The summed E-state index contributed by atoms with van der Waals surface area (Å²) in [7, 11) is 0. The second-order valence-corrected chi connectivity index (χ2v) is 5.19. The minimum atomic E-state index is -1.22. The minimum Gasteiger partial charge on any atom is -0.480 e. The Bertz CT molecular complexity index is 602. The van der Waals surface area contributed by atoms with E-state index < -0.39 is 41.8 Å². The quantitative estimate of drug-likeness (QED) is 0.280. The Balaban J connectivity index is 2.80. The zero-order chi connectivity index (χ0) is 18.3. The highest BCUT2D eigenvalue weighted by Gasteiger charge is 2.27. The molecule has 8 N–H and O–H groups in total. The number of aliphatic carboxylic acids is 1. The lowest BCUT2D eigenvalue weighted by atomic mass is 10.1. The van der Waals surface area contributed by atoms with Gasteiger partial charge >= 0.3 is 5.97 Å². The van der Waals surface area contributed by atoms with E-state index in [9.17, 15) is 19.2 Å². The predicted molar refractivity (Wildman–Crippen MR) is 81.2 cm³/mol. The van der Waals surface area contributed by atoms with E-state index in [1.807, 2.05) is 0 Å². The molecule has 0 spiro atoms. The van der Waals surface area contributed by atoms with Gasteiger partial charge in [0.15, 0.2) is 0 Å². The monoisotopic (exact) mass is 340 g/mol. The summed E-state index contributed by atoms with van der Waals surface area (Å²) in [4.78, 5) is 52.4. The number of nitrogens with two attached hydrogens (primary N) is 2. The summed E-state index contributed by atoms with van der Waals surface area (Å²) in [5, 5.41) is 13.5. The number of amides is 3. The van der Waals surface area contributed by atoms with Crippen molar-refractivity contribution in [3.63, 3.8) is 0 Å². The molecule has 3 unspecified atom stereocenters. The number of nitrogens with one attached hydrogen (secondary N) is 3. The number of carbonyl (C=O) groups is 4. The van der Waals surface area contributed by atoms with Gasteiger partial charge in [-0.15, -0.1) is 0 Å². The number of nitrogens with zero attached hydrogens (tertiary/aromatic N) is 1. The Labute approximate surface area is 137 Å². The lowest BCUT2D eigenvalue weighted by Gasteiger charge is -2.21. The number of primary amides is 1. The van der Waals surface area contributed by atoms with Crippen molar-refractivity contribution < 1.29 is 24.3 Å². The van der Waals surface area contributed by atoms with Crippen LogP contribution >= 0.6 is 0 Å². The van der Waals surface area contributed by atoms with Crippen LogP contribution in [0.5, 0.6) is 0 Å². The van der Waals surface area contributed by atoms with Crippen LogP contribution in [0.1, 0.15) is 19.0 Å². The lowest BCUT2D eigenvalue weighted by molar-refractivity contribution is -0.141. The normalized spacial score (nSPS) is 14.2. The van der Waals surface area contributed by atoms with Crippen LogP contribution in [-0.2, 0) is 25.6 Å². The molecule has 1 rings (SSSR count). The SMILES string of the molecule is CC(NC(=O)C(Cc1cnc[nH]1)NC(=O)C(N)CC(N)=O)C(=O)O. The number of imidazole rings is 1. The molecular weight excluding hydrogens is 320 g/mol. The number of carbonyl (C=O) groups excluding carboxylic acids is 3. The van der Waals surface area contributed by atoms with Crippen molar-refractivity contribution in [1.82, 2.24) is 20.6 Å². The molecule has 0 bridgehead atoms. The number of hydrogen-bond acceptors (Lipinski definition) is 6. The van der Waals surface area contributed by atoms with Gasteiger partial charge in [-0.25, -0.2) is 4.98 Å². The van der Waals surface area contributed by atoms with Gasteiger partial charge in [-0.1, -0.05) is 0 Å². The fourth-order valence-corrected chi connectivity index (χ4v) is 1.79. The fraction of sp³-hybridized carbons (Fsp3) is 0.462. The van der Waals surface area contributed by atoms with E-state index >= 15 is 0 Å². The molecule has 0 aliphatic rings. The Hall–Kier alpha value is -2.95. The molecular formula is C13H20N6O5. The van der Waals surface area contributed by atoms with Crippen molar-refractivity contribution in [2.45, 2.75) is 37.9 Å². The van der Waals surface area contributed by atoms with E-state index in [0.717, 1.165) is 0 Å². The Morgan fingerprint density at radius 2 is 1.96 bits per heavy atom. The van der Waals surface area contributed by atoms with Crippen molar-refractivity contribution >= 4 is 23.7 Å². The topological polar surface area (TPSA) is 193 Å². The van der Waals surface area contributed by atoms with Gasteiger partial charge in [-0.05, 0) is 6.92 Å². The van der Waals surface area contributed by atoms with E-state index in [0.29, 0.717) is 5.69 Å². The van der Waals surface area contributed by atoms with E-state index in [4.69, 9.17) is 16.6 Å². The zero-order valence-corrected chi connectivity index (χ0v) is 13.0. The number of carboxylic acids is 1. The van der Waals surface area contributed by atoms with Crippen LogP contribution in [0.3, 0.4) is 0 Å². The van der Waals surface area contributed by atoms with Crippen LogP contribution in [0.25, 0.3) is 0 Å². The van der Waals surface area contributed by atoms with Gasteiger partial charge in [0.2, 0.25) is 17.7 Å². The second-order valence-electron chi connectivity index (χ2n) is 5.19. The first-order valence-corrected chi connectivity index (χ1v) is 7.05. The first kappa shape index (κ1) is 19.1. The first-order valence-electron chi connectivity index (χ1n) is 7.05. The summed E-state index contributed by atoms with van der Waals surface area (Å²) < 4.78 is 0. The molecule has 24 heavy (non-hydrogen) atoms. The molecule has 1 aromatic heterocycles. The van der Waals surface area contributed by atoms with E-state index in [1.165, 1.54) is 19.4 Å². The number of rotatable bonds is 9. The van der Waals surface area contributed by atoms with Crippen molar-refractivity contribution in [1.29, 1.82) is 0 Å². The van der Waals surface area contributed by atoms with Crippen LogP contribution in [0.2, 0.25) is 0 Å². The highest BCUT2D eigenvalue weighted by Crippen LogP contribution is 2.01. The van der Waals surface area contributed by atoms with E-state index in [1.54, 1.807) is 0 Å². The molecule has 1 heterocycles. The maximum Gasteiger partial charge on any atom is 0.325 e. The number of hydrogen-bond donors (Lipinski definition) is 6. The van der Waals surface area contributed by atoms with Crippen LogP contribution in [-0.4, -0.2) is 56.9 Å². The van der Waals surface area contributed by atoms with Gasteiger partial charge in [-0.3, -0.25) is 19.2 Å². The molecule has 0 fully saturated rings. The maximum absolute atomic E-state index is 12.2. The second kappa shape index (κ2) is 8.62. The molecule has 0 radical (unpaired) electrons. The van der Waals surface area contributed by atoms with Gasteiger partial charge < -0.3 is 32.2 Å². The van der Waals surface area contributed by atoms with Gasteiger partial charge in [0.25, 0.3) is 0 Å². The molecule has 1 aromatic rings. The Morgan fingerprint density at radius 3 is 2.46 bits per heavy atom. The standard InChI is InChI=1S/C13H20N6O5/c1-6(13(23)24)18-12(22)9(2-7-4-16-5-17-7)19-11(21)8(14)3-10(15)20/h4-6,8-9H,2-3,14H2,1H3,(H2,15,20)(H,16,17)(H,18,22)(H,19,21)(H,23,24). The number of carboxylic acid groups (broad SMARTS) is 1. The molecule has 0 aliphatic carbocycles. The summed E-state index contributed by atoms with van der Waals surface area (Å²) in [6.07, 6.45) is 2.50. The molecule has 0 saturated heterocycles. The van der Waals surface area contributed by atoms with Crippen molar-refractivity contribution in [2.75, 3.05) is 0 Å².